The van der Waals surface area contributed by atoms with E-state index in [9.17, 15) is 14.4 Å². The predicted molar refractivity (Wildman–Crippen MR) is 129 cm³/mol. The van der Waals surface area contributed by atoms with Crippen molar-refractivity contribution in [3.05, 3.63) is 79.0 Å². The SMILES string of the molecule is Cc1nn(-c2ccccc2Cl)c2sc(C(=O)Nc3cnc4c(c3)c(=O)n(C)c(=O)n4C)cc12. The molecule has 0 spiro atoms. The average molecular weight is 481 g/mol. The van der Waals surface area contributed by atoms with Crippen LogP contribution in [0.1, 0.15) is 15.4 Å². The second kappa shape index (κ2) is 7.68. The summed E-state index contributed by atoms with van der Waals surface area (Å²) >= 11 is 7.63. The predicted octanol–water partition coefficient (Wildman–Crippen LogP) is 3.25. The molecule has 1 amide bonds. The Bertz CT molecular complexity index is 1710. The summed E-state index contributed by atoms with van der Waals surface area (Å²) in [5.74, 6) is -0.343. The number of benzene rings is 1. The Labute approximate surface area is 195 Å². The summed E-state index contributed by atoms with van der Waals surface area (Å²) in [6.45, 7) is 1.87. The number of thiophene rings is 1. The zero-order valence-electron chi connectivity index (χ0n) is 17.8. The second-order valence-corrected chi connectivity index (χ2v) is 8.97. The molecule has 4 heterocycles. The Morgan fingerprint density at radius 3 is 2.61 bits per heavy atom. The number of carbonyl (C=O) groups excluding carboxylic acids is 1. The van der Waals surface area contributed by atoms with Crippen molar-refractivity contribution < 1.29 is 4.79 Å². The maximum absolute atomic E-state index is 13.0. The van der Waals surface area contributed by atoms with Crippen LogP contribution in [0.2, 0.25) is 5.02 Å². The molecule has 0 saturated carbocycles. The first-order valence-electron chi connectivity index (χ1n) is 9.87. The zero-order chi connectivity index (χ0) is 23.4. The summed E-state index contributed by atoms with van der Waals surface area (Å²) in [7, 11) is 2.94. The Morgan fingerprint density at radius 2 is 1.85 bits per heavy atom. The van der Waals surface area contributed by atoms with Gasteiger partial charge in [-0.25, -0.2) is 14.5 Å². The number of anilines is 1. The van der Waals surface area contributed by atoms with E-state index in [1.807, 2.05) is 25.1 Å². The lowest BCUT2D eigenvalue weighted by atomic mass is 10.2. The second-order valence-electron chi connectivity index (χ2n) is 7.53. The van der Waals surface area contributed by atoms with Gasteiger partial charge in [-0.2, -0.15) is 5.10 Å². The van der Waals surface area contributed by atoms with Crippen molar-refractivity contribution in [2.45, 2.75) is 6.92 Å². The Morgan fingerprint density at radius 1 is 1.09 bits per heavy atom. The number of rotatable bonds is 3. The van der Waals surface area contributed by atoms with Gasteiger partial charge in [0.2, 0.25) is 0 Å². The standard InChI is InChI=1S/C22H17ClN6O3S/c1-11-13-9-17(33-21(13)29(26-11)16-7-5-4-6-15(16)23)19(30)25-12-8-14-18(24-10-12)27(2)22(32)28(3)20(14)31/h4-10H,1-3H3,(H,25,30). The van der Waals surface area contributed by atoms with Crippen molar-refractivity contribution in [1.29, 1.82) is 0 Å². The van der Waals surface area contributed by atoms with Gasteiger partial charge in [0.25, 0.3) is 11.5 Å². The van der Waals surface area contributed by atoms with Gasteiger partial charge in [0, 0.05) is 19.5 Å². The molecule has 5 aromatic rings. The molecule has 0 aliphatic rings. The molecule has 1 aromatic carbocycles. The number of carbonyl (C=O) groups is 1. The highest BCUT2D eigenvalue weighted by Gasteiger charge is 2.19. The van der Waals surface area contributed by atoms with Gasteiger partial charge < -0.3 is 5.32 Å². The monoisotopic (exact) mass is 480 g/mol. The molecule has 4 aromatic heterocycles. The fourth-order valence-corrected chi connectivity index (χ4v) is 4.96. The minimum Gasteiger partial charge on any atom is -0.320 e. The van der Waals surface area contributed by atoms with Crippen molar-refractivity contribution in [3.63, 3.8) is 0 Å². The fourth-order valence-electron chi connectivity index (χ4n) is 3.67. The fraction of sp³-hybridized carbons (Fsp3) is 0.136. The third-order valence-electron chi connectivity index (χ3n) is 5.40. The van der Waals surface area contributed by atoms with E-state index in [-0.39, 0.29) is 16.9 Å². The van der Waals surface area contributed by atoms with Crippen LogP contribution in [0.15, 0.2) is 52.2 Å². The van der Waals surface area contributed by atoms with Crippen molar-refractivity contribution in [1.82, 2.24) is 23.9 Å². The number of fused-ring (bicyclic) bond motifs is 2. The van der Waals surface area contributed by atoms with E-state index in [1.165, 1.54) is 42.3 Å². The molecular formula is C22H17ClN6O3S. The summed E-state index contributed by atoms with van der Waals surface area (Å²) < 4.78 is 4.03. The zero-order valence-corrected chi connectivity index (χ0v) is 19.4. The van der Waals surface area contributed by atoms with Crippen LogP contribution in [-0.2, 0) is 14.1 Å². The first-order valence-corrected chi connectivity index (χ1v) is 11.1. The highest BCUT2D eigenvalue weighted by Crippen LogP contribution is 2.32. The van der Waals surface area contributed by atoms with Crippen LogP contribution in [-0.4, -0.2) is 29.8 Å². The van der Waals surface area contributed by atoms with Gasteiger partial charge in [0.15, 0.2) is 0 Å². The minimum absolute atomic E-state index is 0.235. The third kappa shape index (κ3) is 3.35. The molecule has 5 rings (SSSR count). The number of amides is 1. The molecule has 11 heteroatoms. The Balaban J connectivity index is 1.53. The third-order valence-corrected chi connectivity index (χ3v) is 6.83. The molecule has 0 radical (unpaired) electrons. The molecule has 0 aliphatic heterocycles. The van der Waals surface area contributed by atoms with Crippen LogP contribution >= 0.6 is 22.9 Å². The number of halogens is 1. The van der Waals surface area contributed by atoms with Crippen LogP contribution in [0.4, 0.5) is 5.69 Å². The normalized spacial score (nSPS) is 11.4. The van der Waals surface area contributed by atoms with Gasteiger partial charge in [0.05, 0.1) is 38.6 Å². The molecular weight excluding hydrogens is 464 g/mol. The number of nitrogens with one attached hydrogen (secondary N) is 1. The number of hydrogen-bond acceptors (Lipinski definition) is 6. The first kappa shape index (κ1) is 21.1. The van der Waals surface area contributed by atoms with E-state index < -0.39 is 11.2 Å². The lowest BCUT2D eigenvalue weighted by molar-refractivity contribution is 0.103. The lowest BCUT2D eigenvalue weighted by Crippen LogP contribution is -2.37. The van der Waals surface area contributed by atoms with E-state index in [2.05, 4.69) is 15.4 Å². The molecule has 1 N–H and O–H groups in total. The first-order chi connectivity index (χ1) is 15.8. The molecule has 0 unspecified atom stereocenters. The van der Waals surface area contributed by atoms with Gasteiger partial charge in [0.1, 0.15) is 10.5 Å². The Hall–Kier alpha value is -3.76. The number of para-hydroxylation sites is 1. The van der Waals surface area contributed by atoms with Crippen LogP contribution in [0.25, 0.3) is 26.9 Å². The van der Waals surface area contributed by atoms with Gasteiger partial charge in [-0.3, -0.25) is 18.7 Å². The van der Waals surface area contributed by atoms with Crippen LogP contribution in [0, 0.1) is 6.92 Å². The summed E-state index contributed by atoms with van der Waals surface area (Å²) in [6, 6.07) is 10.7. The number of nitrogens with zero attached hydrogens (tertiary/aromatic N) is 5. The van der Waals surface area contributed by atoms with E-state index >= 15 is 0 Å². The van der Waals surface area contributed by atoms with E-state index in [0.29, 0.717) is 15.6 Å². The number of pyridine rings is 1. The van der Waals surface area contributed by atoms with Crippen molar-refractivity contribution in [3.8, 4) is 5.69 Å². The van der Waals surface area contributed by atoms with Crippen LogP contribution < -0.4 is 16.6 Å². The molecule has 0 bridgehead atoms. The van der Waals surface area contributed by atoms with Crippen LogP contribution in [0.3, 0.4) is 0 Å². The average Bonchev–Trinajstić information content (AvgIpc) is 3.37. The van der Waals surface area contributed by atoms with E-state index in [4.69, 9.17) is 11.6 Å². The lowest BCUT2D eigenvalue weighted by Gasteiger charge is -2.08. The summed E-state index contributed by atoms with van der Waals surface area (Å²) in [5, 5.41) is 9.00. The maximum Gasteiger partial charge on any atom is 0.332 e. The Kier molecular flexibility index (Phi) is 4.91. The van der Waals surface area contributed by atoms with E-state index in [0.717, 1.165) is 26.2 Å². The highest BCUT2D eigenvalue weighted by molar-refractivity contribution is 7.20. The van der Waals surface area contributed by atoms with Crippen molar-refractivity contribution >= 4 is 55.8 Å². The minimum atomic E-state index is -0.478. The molecule has 0 aliphatic carbocycles. The van der Waals surface area contributed by atoms with Gasteiger partial charge in [-0.1, -0.05) is 23.7 Å². The molecule has 166 valence electrons. The summed E-state index contributed by atoms with van der Waals surface area (Å²) in [4.78, 5) is 43.1. The molecule has 0 saturated heterocycles. The number of hydrogen-bond donors (Lipinski definition) is 1. The van der Waals surface area contributed by atoms with Crippen molar-refractivity contribution in [2.75, 3.05) is 5.32 Å². The quantitative estimate of drug-likeness (QED) is 0.427. The topological polar surface area (TPSA) is 104 Å². The summed E-state index contributed by atoms with van der Waals surface area (Å²) in [6.07, 6.45) is 1.42. The summed E-state index contributed by atoms with van der Waals surface area (Å²) in [5.41, 5.74) is 1.16. The maximum atomic E-state index is 13.0. The molecule has 0 atom stereocenters. The van der Waals surface area contributed by atoms with Crippen molar-refractivity contribution in [2.24, 2.45) is 14.1 Å². The number of aromatic nitrogens is 5. The molecule has 9 nitrogen and oxygen atoms in total. The number of aryl methyl sites for hydroxylation is 2. The largest absolute Gasteiger partial charge is 0.332 e. The highest BCUT2D eigenvalue weighted by atomic mass is 35.5. The molecule has 0 fully saturated rings. The van der Waals surface area contributed by atoms with Crippen LogP contribution in [0.5, 0.6) is 0 Å². The van der Waals surface area contributed by atoms with Gasteiger partial charge >= 0.3 is 5.69 Å². The van der Waals surface area contributed by atoms with E-state index in [1.54, 1.807) is 16.8 Å². The molecule has 33 heavy (non-hydrogen) atoms. The van der Waals surface area contributed by atoms with Gasteiger partial charge in [-0.05, 0) is 31.2 Å². The van der Waals surface area contributed by atoms with Gasteiger partial charge in [-0.15, -0.1) is 11.3 Å². The smallest absolute Gasteiger partial charge is 0.320 e.